The van der Waals surface area contributed by atoms with Gasteiger partial charge in [0.1, 0.15) is 5.82 Å². The van der Waals surface area contributed by atoms with Crippen LogP contribution in [0.5, 0.6) is 0 Å². The Bertz CT molecular complexity index is 594. The van der Waals surface area contributed by atoms with Crippen LogP contribution in [0.4, 0.5) is 5.69 Å². The first-order chi connectivity index (χ1) is 9.13. The minimum absolute atomic E-state index is 0.168. The number of H-pyrrole nitrogens is 1. The third kappa shape index (κ3) is 3.20. The predicted octanol–water partition coefficient (Wildman–Crippen LogP) is 2.94. The standard InChI is InChI=1S/C13H15BrN4O/c1-3-8-7-9(14)5-6-10(8)15-13(19)12-16-11(4-2)17-18-12/h5-7H,3-4H2,1-2H3,(H,15,19)(H,16,17,18). The second-order valence-electron chi connectivity index (χ2n) is 4.07. The first kappa shape index (κ1) is 13.7. The highest BCUT2D eigenvalue weighted by Crippen LogP contribution is 2.21. The third-order valence-electron chi connectivity index (χ3n) is 2.77. The maximum Gasteiger partial charge on any atom is 0.295 e. The number of carbonyl (C=O) groups is 1. The lowest BCUT2D eigenvalue weighted by molar-refractivity contribution is 0.101. The molecule has 0 aliphatic carbocycles. The van der Waals surface area contributed by atoms with Gasteiger partial charge in [0.15, 0.2) is 0 Å². The lowest BCUT2D eigenvalue weighted by Gasteiger charge is -2.08. The molecule has 2 rings (SSSR count). The average Bonchev–Trinajstić information content (AvgIpc) is 2.89. The molecule has 19 heavy (non-hydrogen) atoms. The number of nitrogens with one attached hydrogen (secondary N) is 2. The predicted molar refractivity (Wildman–Crippen MR) is 77.2 cm³/mol. The van der Waals surface area contributed by atoms with Gasteiger partial charge in [0.25, 0.3) is 5.91 Å². The van der Waals surface area contributed by atoms with Crippen LogP contribution in [0.15, 0.2) is 22.7 Å². The SMILES string of the molecule is CCc1nc(C(=O)Nc2ccc(Br)cc2CC)n[nH]1. The number of aryl methyl sites for hydroxylation is 2. The summed E-state index contributed by atoms with van der Waals surface area (Å²) in [5.74, 6) is 0.575. The molecule has 0 unspecified atom stereocenters. The lowest BCUT2D eigenvalue weighted by Crippen LogP contribution is -2.15. The van der Waals surface area contributed by atoms with Gasteiger partial charge in [-0.15, -0.1) is 5.10 Å². The van der Waals surface area contributed by atoms with Crippen molar-refractivity contribution in [1.29, 1.82) is 0 Å². The Kier molecular flexibility index (Phi) is 4.31. The Morgan fingerprint density at radius 2 is 2.16 bits per heavy atom. The van der Waals surface area contributed by atoms with Crippen molar-refractivity contribution in [3.05, 3.63) is 39.9 Å². The summed E-state index contributed by atoms with van der Waals surface area (Å²) in [5, 5.41) is 9.47. The van der Waals surface area contributed by atoms with Crippen LogP contribution < -0.4 is 5.32 Å². The number of carbonyl (C=O) groups excluding carboxylic acids is 1. The van der Waals surface area contributed by atoms with E-state index >= 15 is 0 Å². The van der Waals surface area contributed by atoms with Crippen LogP contribution in [0.1, 0.15) is 35.9 Å². The van der Waals surface area contributed by atoms with Gasteiger partial charge in [-0.25, -0.2) is 4.98 Å². The topological polar surface area (TPSA) is 70.7 Å². The molecule has 100 valence electrons. The van der Waals surface area contributed by atoms with E-state index in [-0.39, 0.29) is 11.7 Å². The summed E-state index contributed by atoms with van der Waals surface area (Å²) in [5.41, 5.74) is 1.85. The molecule has 0 atom stereocenters. The molecular weight excluding hydrogens is 308 g/mol. The Morgan fingerprint density at radius 3 is 2.79 bits per heavy atom. The molecule has 2 N–H and O–H groups in total. The molecule has 0 aliphatic heterocycles. The fourth-order valence-corrected chi connectivity index (χ4v) is 2.12. The molecule has 2 aromatic rings. The highest BCUT2D eigenvalue weighted by Gasteiger charge is 2.13. The number of hydrogen-bond donors (Lipinski definition) is 2. The molecule has 0 saturated heterocycles. The molecular formula is C13H15BrN4O. The number of aromatic amines is 1. The monoisotopic (exact) mass is 322 g/mol. The molecule has 1 heterocycles. The molecule has 1 aromatic heterocycles. The molecule has 0 aliphatic rings. The summed E-state index contributed by atoms with van der Waals surface area (Å²) in [6, 6.07) is 5.75. The van der Waals surface area contributed by atoms with E-state index in [1.807, 2.05) is 32.0 Å². The Hall–Kier alpha value is -1.69. The zero-order valence-corrected chi connectivity index (χ0v) is 12.4. The summed E-state index contributed by atoms with van der Waals surface area (Å²) in [4.78, 5) is 16.1. The van der Waals surface area contributed by atoms with Crippen LogP contribution in [0, 0.1) is 0 Å². The van der Waals surface area contributed by atoms with Crippen molar-refractivity contribution in [3.8, 4) is 0 Å². The fraction of sp³-hybridized carbons (Fsp3) is 0.308. The van der Waals surface area contributed by atoms with Gasteiger partial charge in [0, 0.05) is 16.6 Å². The number of benzene rings is 1. The van der Waals surface area contributed by atoms with Crippen LogP contribution in [-0.2, 0) is 12.8 Å². The van der Waals surface area contributed by atoms with E-state index < -0.39 is 0 Å². The zero-order chi connectivity index (χ0) is 13.8. The van der Waals surface area contributed by atoms with Crippen molar-refractivity contribution in [1.82, 2.24) is 15.2 Å². The lowest BCUT2D eigenvalue weighted by atomic mass is 10.1. The number of hydrogen-bond acceptors (Lipinski definition) is 3. The molecule has 0 fully saturated rings. The van der Waals surface area contributed by atoms with Gasteiger partial charge in [-0.05, 0) is 30.2 Å². The van der Waals surface area contributed by atoms with E-state index in [0.29, 0.717) is 5.82 Å². The minimum Gasteiger partial charge on any atom is -0.319 e. The molecule has 0 radical (unpaired) electrons. The minimum atomic E-state index is -0.298. The first-order valence-corrected chi connectivity index (χ1v) is 6.94. The molecule has 5 nitrogen and oxygen atoms in total. The van der Waals surface area contributed by atoms with Gasteiger partial charge in [0.05, 0.1) is 0 Å². The van der Waals surface area contributed by atoms with Crippen molar-refractivity contribution in [2.75, 3.05) is 5.32 Å². The highest BCUT2D eigenvalue weighted by atomic mass is 79.9. The van der Waals surface area contributed by atoms with Gasteiger partial charge in [-0.1, -0.05) is 29.8 Å². The normalized spacial score (nSPS) is 10.5. The number of halogens is 1. The van der Waals surface area contributed by atoms with E-state index in [1.165, 1.54) is 0 Å². The third-order valence-corrected chi connectivity index (χ3v) is 3.26. The highest BCUT2D eigenvalue weighted by molar-refractivity contribution is 9.10. The van der Waals surface area contributed by atoms with Crippen LogP contribution in [0.2, 0.25) is 0 Å². The van der Waals surface area contributed by atoms with Gasteiger partial charge in [-0.3, -0.25) is 9.89 Å². The quantitative estimate of drug-likeness (QED) is 0.909. The van der Waals surface area contributed by atoms with Crippen LogP contribution in [0.3, 0.4) is 0 Å². The van der Waals surface area contributed by atoms with Crippen molar-refractivity contribution in [3.63, 3.8) is 0 Å². The van der Waals surface area contributed by atoms with Crippen molar-refractivity contribution in [2.45, 2.75) is 26.7 Å². The molecule has 0 spiro atoms. The second kappa shape index (κ2) is 5.97. The zero-order valence-electron chi connectivity index (χ0n) is 10.8. The molecule has 1 aromatic carbocycles. The van der Waals surface area contributed by atoms with Gasteiger partial charge >= 0.3 is 0 Å². The summed E-state index contributed by atoms with van der Waals surface area (Å²) >= 11 is 3.42. The Balaban J connectivity index is 2.18. The van der Waals surface area contributed by atoms with E-state index in [9.17, 15) is 4.79 Å². The number of anilines is 1. The summed E-state index contributed by atoms with van der Waals surface area (Å²) in [6.45, 7) is 3.99. The molecule has 1 amide bonds. The van der Waals surface area contributed by atoms with Crippen LogP contribution in [0.25, 0.3) is 0 Å². The number of nitrogens with zero attached hydrogens (tertiary/aromatic N) is 2. The maximum atomic E-state index is 12.0. The number of rotatable bonds is 4. The number of aromatic nitrogens is 3. The summed E-state index contributed by atoms with van der Waals surface area (Å²) < 4.78 is 0.994. The van der Waals surface area contributed by atoms with Gasteiger partial charge in [0.2, 0.25) is 5.82 Å². The van der Waals surface area contributed by atoms with Gasteiger partial charge < -0.3 is 5.32 Å². The van der Waals surface area contributed by atoms with Crippen LogP contribution in [-0.4, -0.2) is 21.1 Å². The number of amides is 1. The molecule has 6 heteroatoms. The Morgan fingerprint density at radius 1 is 1.37 bits per heavy atom. The molecule has 0 bridgehead atoms. The Labute approximate surface area is 120 Å². The average molecular weight is 323 g/mol. The van der Waals surface area contributed by atoms with E-state index in [0.717, 1.165) is 28.6 Å². The largest absolute Gasteiger partial charge is 0.319 e. The fourth-order valence-electron chi connectivity index (χ4n) is 1.71. The molecule has 0 saturated carbocycles. The second-order valence-corrected chi connectivity index (χ2v) is 4.98. The summed E-state index contributed by atoms with van der Waals surface area (Å²) in [6.07, 6.45) is 1.56. The van der Waals surface area contributed by atoms with Crippen molar-refractivity contribution >= 4 is 27.5 Å². The van der Waals surface area contributed by atoms with Crippen molar-refractivity contribution < 1.29 is 4.79 Å². The summed E-state index contributed by atoms with van der Waals surface area (Å²) in [7, 11) is 0. The van der Waals surface area contributed by atoms with E-state index in [1.54, 1.807) is 0 Å². The maximum absolute atomic E-state index is 12.0. The van der Waals surface area contributed by atoms with E-state index in [4.69, 9.17) is 0 Å². The van der Waals surface area contributed by atoms with Gasteiger partial charge in [-0.2, -0.15) is 0 Å². The van der Waals surface area contributed by atoms with E-state index in [2.05, 4.69) is 36.4 Å². The van der Waals surface area contributed by atoms with Crippen molar-refractivity contribution in [2.24, 2.45) is 0 Å². The smallest absolute Gasteiger partial charge is 0.295 e. The first-order valence-electron chi connectivity index (χ1n) is 6.15. The van der Waals surface area contributed by atoms with Crippen LogP contribution >= 0.6 is 15.9 Å².